The number of ether oxygens (including phenoxy) is 1. The van der Waals surface area contributed by atoms with Crippen molar-refractivity contribution in [3.63, 3.8) is 0 Å². The van der Waals surface area contributed by atoms with E-state index >= 15 is 0 Å². The van der Waals surface area contributed by atoms with Gasteiger partial charge in [-0.15, -0.1) is 0 Å². The summed E-state index contributed by atoms with van der Waals surface area (Å²) in [4.78, 5) is 18.1. The van der Waals surface area contributed by atoms with Crippen LogP contribution in [0.3, 0.4) is 0 Å². The molecule has 1 aliphatic heterocycles. The molecule has 1 aliphatic rings. The average molecular weight is 532 g/mol. The standard InChI is InChI=1S/C21H33IN2O4Si/c1-15(25)27-16(9-8-12-26-29(6,7)21(2,3)4)10-11-17-14-23-20(28-17)19-18(13-22)24(19)5/h14,16,18-19H,10-13H2,1-7H3/t16?,18-,19-,24?/m0/s1. The summed E-state index contributed by atoms with van der Waals surface area (Å²) in [5.74, 6) is 7.31. The van der Waals surface area contributed by atoms with E-state index in [4.69, 9.17) is 13.6 Å². The highest BCUT2D eigenvalue weighted by molar-refractivity contribution is 14.1. The second-order valence-corrected chi connectivity index (χ2v) is 14.7. The molecule has 0 bridgehead atoms. The van der Waals surface area contributed by atoms with Gasteiger partial charge in [-0.25, -0.2) is 4.98 Å². The number of nitrogens with zero attached hydrogens (tertiary/aromatic N) is 2. The molecular weight excluding hydrogens is 499 g/mol. The number of aromatic nitrogens is 1. The number of aryl methyl sites for hydroxylation is 1. The van der Waals surface area contributed by atoms with Crippen molar-refractivity contribution in [2.24, 2.45) is 0 Å². The van der Waals surface area contributed by atoms with E-state index in [-0.39, 0.29) is 17.0 Å². The van der Waals surface area contributed by atoms with Crippen LogP contribution in [0.2, 0.25) is 18.1 Å². The molecule has 0 N–H and O–H groups in total. The van der Waals surface area contributed by atoms with Crippen molar-refractivity contribution in [1.82, 2.24) is 9.88 Å². The van der Waals surface area contributed by atoms with Gasteiger partial charge < -0.3 is 13.6 Å². The van der Waals surface area contributed by atoms with Crippen molar-refractivity contribution in [2.75, 3.05) is 18.1 Å². The zero-order valence-electron chi connectivity index (χ0n) is 18.5. The summed E-state index contributed by atoms with van der Waals surface area (Å²) in [7, 11) is 0.245. The minimum absolute atomic E-state index is 0.139. The molecule has 0 aromatic carbocycles. The van der Waals surface area contributed by atoms with Crippen LogP contribution in [0.25, 0.3) is 0 Å². The number of carbonyl (C=O) groups is 1. The molecule has 8 heteroatoms. The van der Waals surface area contributed by atoms with Gasteiger partial charge in [0, 0.05) is 30.2 Å². The lowest BCUT2D eigenvalue weighted by molar-refractivity contribution is -0.143. The topological polar surface area (TPSA) is 64.6 Å². The third-order valence-corrected chi connectivity index (χ3v) is 11.1. The number of hydrogen-bond donors (Lipinski definition) is 0. The average Bonchev–Trinajstić information content (AvgIpc) is 3.04. The molecule has 4 atom stereocenters. The predicted octanol–water partition coefficient (Wildman–Crippen LogP) is 4.35. The predicted molar refractivity (Wildman–Crippen MR) is 124 cm³/mol. The number of esters is 1. The molecule has 0 aliphatic carbocycles. The Morgan fingerprint density at radius 2 is 2.14 bits per heavy atom. The normalized spacial score (nSPS) is 22.6. The molecule has 2 unspecified atom stereocenters. The first-order valence-corrected chi connectivity index (χ1v) is 14.4. The fourth-order valence-corrected chi connectivity index (χ4v) is 4.70. The van der Waals surface area contributed by atoms with Gasteiger partial charge in [-0.2, -0.15) is 0 Å². The second-order valence-electron chi connectivity index (χ2n) is 9.00. The molecule has 1 saturated heterocycles. The molecule has 0 radical (unpaired) electrons. The lowest BCUT2D eigenvalue weighted by Crippen LogP contribution is -2.40. The number of likely N-dealkylation sites (N-methyl/N-ethyl adjacent to an activating group) is 1. The summed E-state index contributed by atoms with van der Waals surface area (Å²) in [5, 5.41) is 0.139. The maximum absolute atomic E-state index is 11.4. The fourth-order valence-electron chi connectivity index (χ4n) is 2.73. The molecule has 1 fully saturated rings. The van der Waals surface area contributed by atoms with E-state index in [2.05, 4.69) is 85.2 Å². The van der Waals surface area contributed by atoms with Gasteiger partial charge in [-0.3, -0.25) is 9.69 Å². The van der Waals surface area contributed by atoms with E-state index in [0.717, 1.165) is 16.1 Å². The number of hydrogen-bond acceptors (Lipinski definition) is 6. The van der Waals surface area contributed by atoms with Crippen molar-refractivity contribution in [1.29, 1.82) is 0 Å². The van der Waals surface area contributed by atoms with Gasteiger partial charge in [0.2, 0.25) is 5.89 Å². The van der Waals surface area contributed by atoms with E-state index in [1.165, 1.54) is 6.92 Å². The summed E-state index contributed by atoms with van der Waals surface area (Å²) in [6.45, 7) is 12.7. The first-order valence-electron chi connectivity index (χ1n) is 9.98. The fraction of sp³-hybridized carbons (Fsp3) is 0.714. The number of carbonyl (C=O) groups excluding carboxylic acids is 1. The molecule has 1 aromatic heterocycles. The Morgan fingerprint density at radius 1 is 1.45 bits per heavy atom. The van der Waals surface area contributed by atoms with E-state index in [0.29, 0.717) is 25.5 Å². The largest absolute Gasteiger partial charge is 0.449 e. The third kappa shape index (κ3) is 6.81. The maximum Gasteiger partial charge on any atom is 0.303 e. The number of alkyl halides is 1. The molecule has 0 saturated carbocycles. The number of rotatable bonds is 8. The Bertz CT molecular complexity index is 763. The van der Waals surface area contributed by atoms with E-state index in [1.807, 2.05) is 0 Å². The van der Waals surface area contributed by atoms with Gasteiger partial charge in [0.25, 0.3) is 0 Å². The SMILES string of the molecule is CC(=O)OC(C#CCO[Si](C)(C)C(C)(C)C)CCc1cnc([C@@H]2[C@H](CI)N2C)o1. The zero-order chi connectivity index (χ0) is 21.8. The lowest BCUT2D eigenvalue weighted by atomic mass is 10.2. The molecule has 29 heavy (non-hydrogen) atoms. The highest BCUT2D eigenvalue weighted by Gasteiger charge is 2.47. The van der Waals surface area contributed by atoms with Crippen molar-refractivity contribution >= 4 is 36.9 Å². The highest BCUT2D eigenvalue weighted by Crippen LogP contribution is 2.41. The molecule has 0 amide bonds. The molecule has 0 spiro atoms. The summed E-state index contributed by atoms with van der Waals surface area (Å²) in [5.41, 5.74) is 0. The molecule has 2 heterocycles. The molecule has 162 valence electrons. The van der Waals surface area contributed by atoms with Gasteiger partial charge in [0.15, 0.2) is 14.4 Å². The van der Waals surface area contributed by atoms with Crippen molar-refractivity contribution < 1.29 is 18.4 Å². The Hall–Kier alpha value is -0.893. The van der Waals surface area contributed by atoms with Crippen LogP contribution >= 0.6 is 22.6 Å². The third-order valence-electron chi connectivity index (χ3n) is 5.75. The summed E-state index contributed by atoms with van der Waals surface area (Å²) >= 11 is 2.38. The monoisotopic (exact) mass is 532 g/mol. The Labute approximate surface area is 189 Å². The molecule has 2 rings (SSSR count). The van der Waals surface area contributed by atoms with Crippen molar-refractivity contribution in [3.05, 3.63) is 17.8 Å². The van der Waals surface area contributed by atoms with Gasteiger partial charge in [-0.05, 0) is 25.2 Å². The molecule has 6 nitrogen and oxygen atoms in total. The smallest absolute Gasteiger partial charge is 0.303 e. The first kappa shape index (κ1) is 24.4. The lowest BCUT2D eigenvalue weighted by Gasteiger charge is -2.35. The molecular formula is C21H33IN2O4Si. The Kier molecular flexibility index (Phi) is 8.36. The number of halogens is 1. The van der Waals surface area contributed by atoms with E-state index < -0.39 is 14.4 Å². The van der Waals surface area contributed by atoms with Gasteiger partial charge in [0.1, 0.15) is 11.8 Å². The van der Waals surface area contributed by atoms with Crippen LogP contribution in [0.4, 0.5) is 0 Å². The zero-order valence-corrected chi connectivity index (χ0v) is 21.7. The van der Waals surface area contributed by atoms with Gasteiger partial charge >= 0.3 is 5.97 Å². The van der Waals surface area contributed by atoms with Gasteiger partial charge in [-0.1, -0.05) is 55.2 Å². The summed E-state index contributed by atoms with van der Waals surface area (Å²) in [6, 6.07) is 0.778. The van der Waals surface area contributed by atoms with Crippen LogP contribution in [-0.2, 0) is 20.4 Å². The van der Waals surface area contributed by atoms with Crippen LogP contribution in [-0.4, -0.2) is 54.4 Å². The first-order chi connectivity index (χ1) is 13.5. The Balaban J connectivity index is 1.90. The number of oxazole rings is 1. The van der Waals surface area contributed by atoms with Crippen LogP contribution in [0, 0.1) is 11.8 Å². The van der Waals surface area contributed by atoms with Crippen molar-refractivity contribution in [3.8, 4) is 11.8 Å². The molecule has 1 aromatic rings. The minimum Gasteiger partial charge on any atom is -0.449 e. The van der Waals surface area contributed by atoms with Crippen molar-refractivity contribution in [2.45, 2.75) is 76.9 Å². The van der Waals surface area contributed by atoms with E-state index in [1.54, 1.807) is 6.20 Å². The second kappa shape index (κ2) is 9.94. The summed E-state index contributed by atoms with van der Waals surface area (Å²) in [6.07, 6.45) is 2.48. The van der Waals surface area contributed by atoms with Crippen LogP contribution in [0.5, 0.6) is 0 Å². The summed E-state index contributed by atoms with van der Waals surface area (Å²) < 4.78 is 18.4. The quantitative estimate of drug-likeness (QED) is 0.124. The Morgan fingerprint density at radius 3 is 2.69 bits per heavy atom. The van der Waals surface area contributed by atoms with E-state index in [9.17, 15) is 4.79 Å². The van der Waals surface area contributed by atoms with Gasteiger partial charge in [0.05, 0.1) is 12.8 Å². The van der Waals surface area contributed by atoms with Crippen LogP contribution in [0.1, 0.15) is 51.8 Å². The highest BCUT2D eigenvalue weighted by atomic mass is 127. The minimum atomic E-state index is -1.83. The van der Waals surface area contributed by atoms with Crippen LogP contribution in [0.15, 0.2) is 10.6 Å². The maximum atomic E-state index is 11.4. The van der Waals surface area contributed by atoms with Crippen LogP contribution < -0.4 is 0 Å².